The molecule has 0 fully saturated rings. The van der Waals surface area contributed by atoms with Gasteiger partial charge in [-0.05, 0) is 43.5 Å². The molecule has 1 amide bonds. The maximum atomic E-state index is 12.0. The molecule has 0 bridgehead atoms. The van der Waals surface area contributed by atoms with Crippen LogP contribution in [0.1, 0.15) is 29.3 Å². The maximum Gasteiger partial charge on any atom is 0.340 e. The van der Waals surface area contributed by atoms with Crippen molar-refractivity contribution in [3.8, 4) is 0 Å². The minimum atomic E-state index is -0.620. The lowest BCUT2D eigenvalue weighted by molar-refractivity contribution is -0.124. The molecule has 0 radical (unpaired) electrons. The van der Waals surface area contributed by atoms with E-state index in [0.29, 0.717) is 10.2 Å². The number of nitrogens with two attached hydrogens (primary N) is 1. The minimum Gasteiger partial charge on any atom is -0.452 e. The van der Waals surface area contributed by atoms with Crippen LogP contribution in [0, 0.1) is 0 Å². The Kier molecular flexibility index (Phi) is 7.01. The molecule has 2 aromatic carbocycles. The Balaban J connectivity index is 1.76. The Morgan fingerprint density at radius 3 is 2.64 bits per heavy atom. The van der Waals surface area contributed by atoms with Crippen LogP contribution in [0.3, 0.4) is 0 Å². The highest BCUT2D eigenvalue weighted by Crippen LogP contribution is 2.19. The van der Waals surface area contributed by atoms with Crippen molar-refractivity contribution in [2.45, 2.75) is 25.8 Å². The summed E-state index contributed by atoms with van der Waals surface area (Å²) in [5, 5.41) is 2.83. The predicted octanol–water partition coefficient (Wildman–Crippen LogP) is 3.33. The third kappa shape index (κ3) is 6.23. The summed E-state index contributed by atoms with van der Waals surface area (Å²) >= 11 is 3.27. The number of rotatable bonds is 7. The number of carbonyl (C=O) groups excluding carboxylic acids is 2. The second kappa shape index (κ2) is 9.22. The van der Waals surface area contributed by atoms with Gasteiger partial charge in [0.2, 0.25) is 0 Å². The Morgan fingerprint density at radius 2 is 1.92 bits per heavy atom. The predicted molar refractivity (Wildman–Crippen MR) is 101 cm³/mol. The Labute approximate surface area is 155 Å². The van der Waals surface area contributed by atoms with Crippen LogP contribution in [0.25, 0.3) is 0 Å². The maximum absolute atomic E-state index is 12.0. The van der Waals surface area contributed by atoms with Gasteiger partial charge in [0, 0.05) is 16.2 Å². The summed E-state index contributed by atoms with van der Waals surface area (Å²) < 4.78 is 5.75. The van der Waals surface area contributed by atoms with E-state index in [4.69, 9.17) is 10.5 Å². The number of hydrogen-bond donors (Lipinski definition) is 2. The van der Waals surface area contributed by atoms with Gasteiger partial charge in [-0.25, -0.2) is 4.79 Å². The minimum absolute atomic E-state index is 0.0117. The molecule has 1 atom stereocenters. The van der Waals surface area contributed by atoms with Crippen molar-refractivity contribution in [3.05, 3.63) is 64.1 Å². The molecule has 0 aliphatic rings. The van der Waals surface area contributed by atoms with Crippen molar-refractivity contribution >= 4 is 33.5 Å². The van der Waals surface area contributed by atoms with Gasteiger partial charge >= 0.3 is 5.97 Å². The molecule has 0 saturated heterocycles. The first-order valence-electron chi connectivity index (χ1n) is 8.01. The monoisotopic (exact) mass is 404 g/mol. The molecule has 0 saturated carbocycles. The third-order valence-electron chi connectivity index (χ3n) is 3.69. The molecule has 2 rings (SSSR count). The molecular formula is C19H21BrN2O3. The summed E-state index contributed by atoms with van der Waals surface area (Å²) in [6.07, 6.45) is 1.68. The number of ether oxygens (including phenoxy) is 1. The second-order valence-electron chi connectivity index (χ2n) is 5.80. The lowest BCUT2D eigenvalue weighted by atomic mass is 10.1. The number of hydrogen-bond acceptors (Lipinski definition) is 4. The first-order valence-corrected chi connectivity index (χ1v) is 8.80. The van der Waals surface area contributed by atoms with E-state index in [1.807, 2.05) is 25.1 Å². The van der Waals surface area contributed by atoms with Crippen molar-refractivity contribution < 1.29 is 14.3 Å². The molecule has 5 nitrogen and oxygen atoms in total. The van der Waals surface area contributed by atoms with E-state index in [1.165, 1.54) is 5.56 Å². The van der Waals surface area contributed by atoms with Gasteiger partial charge in [-0.15, -0.1) is 0 Å². The first kappa shape index (κ1) is 19.0. The molecular weight excluding hydrogens is 384 g/mol. The van der Waals surface area contributed by atoms with Gasteiger partial charge in [-0.2, -0.15) is 0 Å². The molecule has 0 heterocycles. The molecule has 25 heavy (non-hydrogen) atoms. The SMILES string of the molecule is C[C@@H](CCc1ccccc1)NC(=O)COC(=O)c1cc(Br)ccc1N. The average molecular weight is 405 g/mol. The summed E-state index contributed by atoms with van der Waals surface area (Å²) in [7, 11) is 0. The summed E-state index contributed by atoms with van der Waals surface area (Å²) in [5.41, 5.74) is 7.52. The molecule has 3 N–H and O–H groups in total. The zero-order chi connectivity index (χ0) is 18.2. The van der Waals surface area contributed by atoms with Crippen LogP contribution in [0.2, 0.25) is 0 Å². The smallest absolute Gasteiger partial charge is 0.340 e. The molecule has 2 aromatic rings. The standard InChI is InChI=1S/C19H21BrN2O3/c1-13(7-8-14-5-3-2-4-6-14)22-18(23)12-25-19(24)16-11-15(20)9-10-17(16)21/h2-6,9-11,13H,7-8,12,21H2,1H3,(H,22,23)/t13-/m0/s1. The van der Waals surface area contributed by atoms with Crippen molar-refractivity contribution in [2.24, 2.45) is 0 Å². The van der Waals surface area contributed by atoms with Gasteiger partial charge in [0.05, 0.1) is 5.56 Å². The van der Waals surface area contributed by atoms with E-state index in [2.05, 4.69) is 33.4 Å². The second-order valence-corrected chi connectivity index (χ2v) is 6.72. The Morgan fingerprint density at radius 1 is 1.20 bits per heavy atom. The molecule has 0 spiro atoms. The van der Waals surface area contributed by atoms with Gasteiger partial charge < -0.3 is 15.8 Å². The number of esters is 1. The largest absolute Gasteiger partial charge is 0.452 e. The van der Waals surface area contributed by atoms with Crippen molar-refractivity contribution in [1.82, 2.24) is 5.32 Å². The number of aryl methyl sites for hydroxylation is 1. The van der Waals surface area contributed by atoms with Crippen LogP contribution in [-0.2, 0) is 16.0 Å². The van der Waals surface area contributed by atoms with E-state index in [-0.39, 0.29) is 24.1 Å². The highest BCUT2D eigenvalue weighted by molar-refractivity contribution is 9.10. The van der Waals surface area contributed by atoms with Crippen LogP contribution in [0.5, 0.6) is 0 Å². The fourth-order valence-corrected chi connectivity index (χ4v) is 2.69. The molecule has 6 heteroatoms. The third-order valence-corrected chi connectivity index (χ3v) is 4.18. The quantitative estimate of drug-likeness (QED) is 0.547. The Bertz CT molecular complexity index is 735. The number of nitrogen functional groups attached to an aromatic ring is 1. The zero-order valence-corrected chi connectivity index (χ0v) is 15.6. The Hall–Kier alpha value is -2.34. The van der Waals surface area contributed by atoms with Gasteiger partial charge in [-0.1, -0.05) is 46.3 Å². The summed E-state index contributed by atoms with van der Waals surface area (Å²) in [6.45, 7) is 1.59. The van der Waals surface area contributed by atoms with E-state index in [0.717, 1.165) is 12.8 Å². The van der Waals surface area contributed by atoms with Gasteiger partial charge in [0.25, 0.3) is 5.91 Å². The lowest BCUT2D eigenvalue weighted by Gasteiger charge is -2.14. The molecule has 132 valence electrons. The van der Waals surface area contributed by atoms with Crippen LogP contribution in [0.4, 0.5) is 5.69 Å². The van der Waals surface area contributed by atoms with Gasteiger partial charge in [-0.3, -0.25) is 4.79 Å². The van der Waals surface area contributed by atoms with Crippen LogP contribution in [0.15, 0.2) is 53.0 Å². The highest BCUT2D eigenvalue weighted by atomic mass is 79.9. The first-order chi connectivity index (χ1) is 12.0. The number of halogens is 1. The number of carbonyl (C=O) groups is 2. The number of amides is 1. The van der Waals surface area contributed by atoms with Crippen molar-refractivity contribution in [3.63, 3.8) is 0 Å². The fraction of sp³-hybridized carbons (Fsp3) is 0.263. The molecule has 0 aromatic heterocycles. The van der Waals surface area contributed by atoms with E-state index in [9.17, 15) is 9.59 Å². The summed E-state index contributed by atoms with van der Waals surface area (Å²) in [4.78, 5) is 23.9. The zero-order valence-electron chi connectivity index (χ0n) is 14.0. The van der Waals surface area contributed by atoms with Crippen LogP contribution < -0.4 is 11.1 Å². The number of nitrogens with one attached hydrogen (secondary N) is 1. The summed E-state index contributed by atoms with van der Waals surface area (Å²) in [6, 6.07) is 15.0. The van der Waals surface area contributed by atoms with Crippen molar-refractivity contribution in [1.29, 1.82) is 0 Å². The van der Waals surface area contributed by atoms with E-state index >= 15 is 0 Å². The lowest BCUT2D eigenvalue weighted by Crippen LogP contribution is -2.36. The highest BCUT2D eigenvalue weighted by Gasteiger charge is 2.15. The van der Waals surface area contributed by atoms with Gasteiger partial charge in [0.1, 0.15) is 0 Å². The van der Waals surface area contributed by atoms with Crippen molar-refractivity contribution in [2.75, 3.05) is 12.3 Å². The van der Waals surface area contributed by atoms with Crippen LogP contribution in [-0.4, -0.2) is 24.5 Å². The van der Waals surface area contributed by atoms with E-state index in [1.54, 1.807) is 18.2 Å². The molecule has 0 aliphatic heterocycles. The molecule has 0 aliphatic carbocycles. The van der Waals surface area contributed by atoms with Gasteiger partial charge in [0.15, 0.2) is 6.61 Å². The number of benzene rings is 2. The summed E-state index contributed by atoms with van der Waals surface area (Å²) in [5.74, 6) is -0.951. The van der Waals surface area contributed by atoms with Crippen LogP contribution >= 0.6 is 15.9 Å². The average Bonchev–Trinajstić information content (AvgIpc) is 2.61. The normalized spacial score (nSPS) is 11.6. The topological polar surface area (TPSA) is 81.4 Å². The fourth-order valence-electron chi connectivity index (χ4n) is 2.33. The number of anilines is 1. The molecule has 0 unspecified atom stereocenters. The van der Waals surface area contributed by atoms with E-state index < -0.39 is 5.97 Å².